The summed E-state index contributed by atoms with van der Waals surface area (Å²) in [6.45, 7) is 3.43. The molecule has 1 aliphatic rings. The van der Waals surface area contributed by atoms with E-state index in [1.165, 1.54) is 0 Å². The van der Waals surface area contributed by atoms with E-state index in [1.54, 1.807) is 0 Å². The van der Waals surface area contributed by atoms with Crippen molar-refractivity contribution in [3.05, 3.63) is 35.1 Å². The van der Waals surface area contributed by atoms with Gasteiger partial charge in [-0.1, -0.05) is 0 Å². The van der Waals surface area contributed by atoms with E-state index < -0.39 is 23.5 Å². The molecule has 1 heterocycles. The molecule has 144 valence electrons. The summed E-state index contributed by atoms with van der Waals surface area (Å²) in [5, 5.41) is 5.26. The van der Waals surface area contributed by atoms with Gasteiger partial charge in [0, 0.05) is 25.2 Å². The Hall–Kier alpha value is -2.16. The van der Waals surface area contributed by atoms with Gasteiger partial charge < -0.3 is 15.5 Å². The van der Waals surface area contributed by atoms with Gasteiger partial charge in [0.15, 0.2) is 0 Å². The fourth-order valence-corrected chi connectivity index (χ4v) is 2.92. The first-order valence-corrected chi connectivity index (χ1v) is 8.35. The van der Waals surface area contributed by atoms with Crippen LogP contribution in [0.15, 0.2) is 18.2 Å². The molecule has 0 atom stereocenters. The lowest BCUT2D eigenvalue weighted by Crippen LogP contribution is -2.41. The summed E-state index contributed by atoms with van der Waals surface area (Å²) in [4.78, 5) is 24.4. The minimum atomic E-state index is -4.78. The first-order chi connectivity index (χ1) is 12.3. The van der Waals surface area contributed by atoms with Crippen LogP contribution in [-0.2, 0) is 11.0 Å². The van der Waals surface area contributed by atoms with Crippen LogP contribution in [0.25, 0.3) is 0 Å². The van der Waals surface area contributed by atoms with Gasteiger partial charge in [-0.15, -0.1) is 0 Å². The van der Waals surface area contributed by atoms with Gasteiger partial charge >= 0.3 is 6.18 Å². The summed E-state index contributed by atoms with van der Waals surface area (Å²) < 4.78 is 51.1. The zero-order chi connectivity index (χ0) is 19.2. The fourth-order valence-electron chi connectivity index (χ4n) is 2.92. The second kappa shape index (κ2) is 8.98. The summed E-state index contributed by atoms with van der Waals surface area (Å²) >= 11 is 0. The molecule has 2 N–H and O–H groups in total. The number of nitrogens with zero attached hydrogens (tertiary/aromatic N) is 1. The lowest BCUT2D eigenvalue weighted by molar-refractivity contribution is -0.140. The maximum absolute atomic E-state index is 13.5. The second-order valence-electron chi connectivity index (χ2n) is 6.26. The van der Waals surface area contributed by atoms with Crippen molar-refractivity contribution in [1.82, 2.24) is 15.5 Å². The van der Waals surface area contributed by atoms with Crippen molar-refractivity contribution in [2.24, 2.45) is 5.92 Å². The van der Waals surface area contributed by atoms with Gasteiger partial charge in [0.05, 0.1) is 5.56 Å². The van der Waals surface area contributed by atoms with Crippen molar-refractivity contribution in [3.8, 4) is 0 Å². The first-order valence-electron chi connectivity index (χ1n) is 8.35. The normalized spacial score (nSPS) is 16.3. The molecule has 0 radical (unpaired) electrons. The zero-order valence-corrected chi connectivity index (χ0v) is 14.1. The highest BCUT2D eigenvalue weighted by Crippen LogP contribution is 2.31. The third kappa shape index (κ3) is 5.69. The highest BCUT2D eigenvalue weighted by Gasteiger charge is 2.34. The topological polar surface area (TPSA) is 61.4 Å². The molecule has 1 saturated heterocycles. The average Bonchev–Trinajstić information content (AvgIpc) is 2.60. The van der Waals surface area contributed by atoms with Crippen molar-refractivity contribution in [3.63, 3.8) is 0 Å². The van der Waals surface area contributed by atoms with Crippen LogP contribution in [0.1, 0.15) is 28.8 Å². The molecule has 1 aromatic carbocycles. The van der Waals surface area contributed by atoms with Gasteiger partial charge in [0.1, 0.15) is 5.82 Å². The Morgan fingerprint density at radius 1 is 1.27 bits per heavy atom. The number of hydrogen-bond donors (Lipinski definition) is 2. The monoisotopic (exact) mass is 375 g/mol. The molecule has 0 spiro atoms. The molecule has 1 aliphatic heterocycles. The smallest absolute Gasteiger partial charge is 0.357 e. The maximum Gasteiger partial charge on any atom is 0.419 e. The minimum absolute atomic E-state index is 0.132. The first kappa shape index (κ1) is 20.2. The third-order valence-corrected chi connectivity index (χ3v) is 4.45. The van der Waals surface area contributed by atoms with E-state index in [0.717, 1.165) is 38.5 Å². The molecule has 2 rings (SSSR count). The highest BCUT2D eigenvalue weighted by atomic mass is 19.4. The van der Waals surface area contributed by atoms with E-state index in [1.807, 2.05) is 0 Å². The van der Waals surface area contributed by atoms with Crippen LogP contribution in [-0.4, -0.2) is 49.9 Å². The predicted molar refractivity (Wildman–Crippen MR) is 87.0 cm³/mol. The summed E-state index contributed by atoms with van der Waals surface area (Å²) in [5.74, 6) is -1.79. The number of hydrogen-bond acceptors (Lipinski definition) is 3. The Balaban J connectivity index is 1.79. The standard InChI is InChI=1S/C17H21F4N3O2/c18-15-9-13(1-2-14(15)17(19,20)21)16(26)23-10-12-3-6-24(7-4-12)8-5-22-11-25/h1-2,9,11-12H,3-8,10H2,(H,22,25)(H,23,26). The number of halogens is 4. The second-order valence-corrected chi connectivity index (χ2v) is 6.26. The van der Waals surface area contributed by atoms with E-state index in [2.05, 4.69) is 15.5 Å². The van der Waals surface area contributed by atoms with E-state index in [4.69, 9.17) is 0 Å². The largest absolute Gasteiger partial charge is 0.419 e. The number of likely N-dealkylation sites (tertiary alicyclic amines) is 1. The number of benzene rings is 1. The molecule has 0 saturated carbocycles. The van der Waals surface area contributed by atoms with Gasteiger partial charge in [0.25, 0.3) is 5.91 Å². The van der Waals surface area contributed by atoms with Gasteiger partial charge in [-0.3, -0.25) is 9.59 Å². The van der Waals surface area contributed by atoms with Crippen LogP contribution in [0.3, 0.4) is 0 Å². The van der Waals surface area contributed by atoms with Gasteiger partial charge in [-0.05, 0) is 50.0 Å². The SMILES string of the molecule is O=CNCCN1CCC(CNC(=O)c2ccc(C(F)(F)F)c(F)c2)CC1. The van der Waals surface area contributed by atoms with E-state index >= 15 is 0 Å². The molecule has 26 heavy (non-hydrogen) atoms. The molecule has 5 nitrogen and oxygen atoms in total. The van der Waals surface area contributed by atoms with Crippen LogP contribution in [0.4, 0.5) is 17.6 Å². The molecule has 0 bridgehead atoms. The maximum atomic E-state index is 13.5. The lowest BCUT2D eigenvalue weighted by Gasteiger charge is -2.31. The van der Waals surface area contributed by atoms with Crippen molar-refractivity contribution < 1.29 is 27.2 Å². The molecule has 1 fully saturated rings. The Bertz CT molecular complexity index is 629. The zero-order valence-electron chi connectivity index (χ0n) is 14.1. The van der Waals surface area contributed by atoms with Gasteiger partial charge in [-0.25, -0.2) is 4.39 Å². The van der Waals surface area contributed by atoms with Crippen LogP contribution < -0.4 is 10.6 Å². The van der Waals surface area contributed by atoms with Gasteiger partial charge in [-0.2, -0.15) is 13.2 Å². The number of alkyl halides is 3. The van der Waals surface area contributed by atoms with E-state index in [-0.39, 0.29) is 11.5 Å². The molecule has 2 amide bonds. The number of carbonyl (C=O) groups is 2. The van der Waals surface area contributed by atoms with Crippen LogP contribution in [0.5, 0.6) is 0 Å². The summed E-state index contributed by atoms with van der Waals surface area (Å²) in [6.07, 6.45) is -2.40. The number of nitrogens with one attached hydrogen (secondary N) is 2. The van der Waals surface area contributed by atoms with Crippen LogP contribution in [0, 0.1) is 11.7 Å². The predicted octanol–water partition coefficient (Wildman–Crippen LogP) is 2.03. The van der Waals surface area contributed by atoms with Crippen molar-refractivity contribution in [2.45, 2.75) is 19.0 Å². The Morgan fingerprint density at radius 3 is 2.54 bits per heavy atom. The Morgan fingerprint density at radius 2 is 1.96 bits per heavy atom. The van der Waals surface area contributed by atoms with Gasteiger partial charge in [0.2, 0.25) is 6.41 Å². The lowest BCUT2D eigenvalue weighted by atomic mass is 9.96. The van der Waals surface area contributed by atoms with Crippen molar-refractivity contribution in [2.75, 3.05) is 32.7 Å². The number of rotatable bonds is 7. The fraction of sp³-hybridized carbons (Fsp3) is 0.529. The van der Waals surface area contributed by atoms with Crippen LogP contribution in [0.2, 0.25) is 0 Å². The molecular weight excluding hydrogens is 354 g/mol. The third-order valence-electron chi connectivity index (χ3n) is 4.45. The average molecular weight is 375 g/mol. The number of carbonyl (C=O) groups excluding carboxylic acids is 2. The molecule has 0 aromatic heterocycles. The van der Waals surface area contributed by atoms with E-state index in [9.17, 15) is 27.2 Å². The molecule has 1 aromatic rings. The van der Waals surface area contributed by atoms with Crippen LogP contribution >= 0.6 is 0 Å². The molecule has 0 aliphatic carbocycles. The number of amides is 2. The summed E-state index contributed by atoms with van der Waals surface area (Å²) in [6, 6.07) is 2.17. The van der Waals surface area contributed by atoms with E-state index in [0.29, 0.717) is 31.6 Å². The Kier molecular flexibility index (Phi) is 6.96. The Labute approximate surface area is 148 Å². The highest BCUT2D eigenvalue weighted by molar-refractivity contribution is 5.94. The molecule has 0 unspecified atom stereocenters. The summed E-state index contributed by atoms with van der Waals surface area (Å²) in [7, 11) is 0. The summed E-state index contributed by atoms with van der Waals surface area (Å²) in [5.41, 5.74) is -1.52. The minimum Gasteiger partial charge on any atom is -0.357 e. The molecular formula is C17H21F4N3O2. The van der Waals surface area contributed by atoms with Crippen molar-refractivity contribution >= 4 is 12.3 Å². The molecule has 9 heteroatoms. The number of piperidine rings is 1. The quantitative estimate of drug-likeness (QED) is 0.436. The van der Waals surface area contributed by atoms with Crippen molar-refractivity contribution in [1.29, 1.82) is 0 Å².